The Morgan fingerprint density at radius 1 is 1.32 bits per heavy atom. The fraction of sp³-hybridized carbons (Fsp3) is 0.846. The van der Waals surface area contributed by atoms with Crippen LogP contribution in [0.3, 0.4) is 0 Å². The summed E-state index contributed by atoms with van der Waals surface area (Å²) in [5.74, 6) is 0.601. The predicted octanol–water partition coefficient (Wildman–Crippen LogP) is 0.993. The molecule has 2 unspecified atom stereocenters. The molecule has 0 spiro atoms. The molecule has 3 atom stereocenters. The summed E-state index contributed by atoms with van der Waals surface area (Å²) in [6.45, 7) is 9.95. The third kappa shape index (κ3) is 4.86. The SMILES string of the molecule is CC(=O)NCC(=O)N[C@@H](CC(C)C)B1OC(C)C1C. The minimum atomic E-state index is -0.197. The zero-order valence-corrected chi connectivity index (χ0v) is 12.5. The molecule has 19 heavy (non-hydrogen) atoms. The van der Waals surface area contributed by atoms with Crippen molar-refractivity contribution in [3.63, 3.8) is 0 Å². The number of carbonyl (C=O) groups is 2. The van der Waals surface area contributed by atoms with E-state index in [2.05, 4.69) is 31.4 Å². The lowest BCUT2D eigenvalue weighted by atomic mass is 9.43. The van der Waals surface area contributed by atoms with Gasteiger partial charge in [-0.2, -0.15) is 0 Å². The largest absolute Gasteiger partial charge is 0.431 e. The Bertz CT molecular complexity index is 336. The van der Waals surface area contributed by atoms with Gasteiger partial charge in [0.25, 0.3) is 0 Å². The Kier molecular flexibility index (Phi) is 5.85. The van der Waals surface area contributed by atoms with Gasteiger partial charge >= 0.3 is 6.92 Å². The van der Waals surface area contributed by atoms with Crippen LogP contribution < -0.4 is 10.6 Å². The molecule has 1 rings (SSSR count). The molecule has 1 heterocycles. The van der Waals surface area contributed by atoms with Gasteiger partial charge in [0.15, 0.2) is 0 Å². The van der Waals surface area contributed by atoms with Gasteiger partial charge in [0.1, 0.15) is 0 Å². The maximum atomic E-state index is 11.8. The second kappa shape index (κ2) is 6.94. The van der Waals surface area contributed by atoms with Crippen molar-refractivity contribution >= 4 is 18.7 Å². The van der Waals surface area contributed by atoms with Crippen LogP contribution in [0.2, 0.25) is 5.82 Å². The van der Waals surface area contributed by atoms with Crippen molar-refractivity contribution in [3.05, 3.63) is 0 Å². The molecule has 1 saturated heterocycles. The highest BCUT2D eigenvalue weighted by atomic mass is 16.5. The second-order valence-corrected chi connectivity index (χ2v) is 5.88. The van der Waals surface area contributed by atoms with E-state index in [1.54, 1.807) is 0 Å². The van der Waals surface area contributed by atoms with Gasteiger partial charge < -0.3 is 15.3 Å². The van der Waals surface area contributed by atoms with E-state index < -0.39 is 0 Å². The van der Waals surface area contributed by atoms with Crippen molar-refractivity contribution in [3.8, 4) is 0 Å². The Hall–Kier alpha value is -1.04. The van der Waals surface area contributed by atoms with Crippen LogP contribution in [0.15, 0.2) is 0 Å². The molecule has 6 heteroatoms. The van der Waals surface area contributed by atoms with Crippen molar-refractivity contribution in [1.29, 1.82) is 0 Å². The molecule has 2 N–H and O–H groups in total. The summed E-state index contributed by atoms with van der Waals surface area (Å²) in [7, 11) is 0. The highest BCUT2D eigenvalue weighted by Gasteiger charge is 2.45. The summed E-state index contributed by atoms with van der Waals surface area (Å²) in [4.78, 5) is 22.6. The average molecular weight is 268 g/mol. The molecule has 2 amide bonds. The van der Waals surface area contributed by atoms with Crippen molar-refractivity contribution < 1.29 is 14.2 Å². The van der Waals surface area contributed by atoms with Crippen molar-refractivity contribution in [2.75, 3.05) is 6.54 Å². The number of nitrogens with one attached hydrogen (secondary N) is 2. The monoisotopic (exact) mass is 268 g/mol. The van der Waals surface area contributed by atoms with Crippen LogP contribution in [0.5, 0.6) is 0 Å². The lowest BCUT2D eigenvalue weighted by Gasteiger charge is -2.43. The molecule has 0 bridgehead atoms. The summed E-state index contributed by atoms with van der Waals surface area (Å²) < 4.78 is 5.74. The summed E-state index contributed by atoms with van der Waals surface area (Å²) in [5, 5.41) is 5.49. The van der Waals surface area contributed by atoms with Crippen molar-refractivity contribution in [2.24, 2.45) is 5.92 Å². The van der Waals surface area contributed by atoms with E-state index in [1.165, 1.54) is 6.92 Å². The predicted molar refractivity (Wildman–Crippen MR) is 75.8 cm³/mol. The first-order chi connectivity index (χ1) is 8.81. The number of carbonyl (C=O) groups excluding carboxylic acids is 2. The van der Waals surface area contributed by atoms with Crippen LogP contribution in [0.4, 0.5) is 0 Å². The first-order valence-electron chi connectivity index (χ1n) is 7.00. The minimum Gasteiger partial charge on any atom is -0.431 e. The van der Waals surface area contributed by atoms with Crippen LogP contribution >= 0.6 is 0 Å². The molecule has 1 aliphatic heterocycles. The van der Waals surface area contributed by atoms with Crippen LogP contribution in [-0.4, -0.2) is 37.3 Å². The normalized spacial score (nSPS) is 23.8. The smallest absolute Gasteiger partial charge is 0.321 e. The Balaban J connectivity index is 2.50. The quantitative estimate of drug-likeness (QED) is 0.706. The van der Waals surface area contributed by atoms with Crippen LogP contribution in [-0.2, 0) is 14.2 Å². The molecule has 0 radical (unpaired) electrons. The Morgan fingerprint density at radius 3 is 2.37 bits per heavy atom. The lowest BCUT2D eigenvalue weighted by molar-refractivity contribution is -0.125. The van der Waals surface area contributed by atoms with E-state index in [-0.39, 0.29) is 37.3 Å². The molecule has 1 fully saturated rings. The van der Waals surface area contributed by atoms with Gasteiger partial charge in [-0.15, -0.1) is 0 Å². The molecule has 0 aromatic carbocycles. The summed E-state index contributed by atoms with van der Waals surface area (Å²) >= 11 is 0. The molecule has 0 aliphatic carbocycles. The minimum absolute atomic E-state index is 0.0208. The maximum Gasteiger partial charge on any atom is 0.321 e. The standard InChI is InChI=1S/C13H25BN2O3/c1-8(2)6-12(14-9(3)10(4)19-14)16-13(18)7-15-11(5)17/h8-10,12H,6-7H2,1-5H3,(H,15,17)(H,16,18)/t9?,10?,12-/m0/s1. The van der Waals surface area contributed by atoms with Gasteiger partial charge in [0.2, 0.25) is 11.8 Å². The molecular weight excluding hydrogens is 243 g/mol. The van der Waals surface area contributed by atoms with Crippen molar-refractivity contribution in [1.82, 2.24) is 10.6 Å². The number of amides is 2. The Labute approximate surface area is 116 Å². The van der Waals surface area contributed by atoms with Crippen LogP contribution in [0.25, 0.3) is 0 Å². The zero-order valence-electron chi connectivity index (χ0n) is 12.5. The van der Waals surface area contributed by atoms with Crippen LogP contribution in [0.1, 0.15) is 41.0 Å². The maximum absolute atomic E-state index is 11.8. The van der Waals surface area contributed by atoms with Gasteiger partial charge in [-0.05, 0) is 25.1 Å². The zero-order chi connectivity index (χ0) is 14.6. The van der Waals surface area contributed by atoms with E-state index in [4.69, 9.17) is 4.65 Å². The molecular formula is C13H25BN2O3. The van der Waals surface area contributed by atoms with Crippen molar-refractivity contribution in [2.45, 2.75) is 58.9 Å². The molecule has 0 aromatic rings. The second-order valence-electron chi connectivity index (χ2n) is 5.88. The number of rotatable bonds is 6. The lowest BCUT2D eigenvalue weighted by Crippen LogP contribution is -2.60. The summed E-state index contributed by atoms with van der Waals surface area (Å²) in [6, 6.07) is 0. The van der Waals surface area contributed by atoms with Gasteiger partial charge in [0, 0.05) is 19.0 Å². The molecule has 108 valence electrons. The first kappa shape index (κ1) is 16.0. The molecule has 1 aliphatic rings. The van der Waals surface area contributed by atoms with E-state index in [9.17, 15) is 9.59 Å². The highest BCUT2D eigenvalue weighted by Crippen LogP contribution is 2.33. The fourth-order valence-electron chi connectivity index (χ4n) is 2.38. The molecule has 5 nitrogen and oxygen atoms in total. The molecule has 0 aromatic heterocycles. The van der Waals surface area contributed by atoms with Gasteiger partial charge in [-0.3, -0.25) is 9.59 Å². The Morgan fingerprint density at radius 2 is 1.95 bits per heavy atom. The fourth-order valence-corrected chi connectivity index (χ4v) is 2.38. The van der Waals surface area contributed by atoms with Gasteiger partial charge in [-0.1, -0.05) is 20.8 Å². The van der Waals surface area contributed by atoms with Gasteiger partial charge in [-0.25, -0.2) is 0 Å². The average Bonchev–Trinajstić information content (AvgIpc) is 2.31. The highest BCUT2D eigenvalue weighted by molar-refractivity contribution is 6.58. The van der Waals surface area contributed by atoms with E-state index in [1.807, 2.05) is 6.92 Å². The van der Waals surface area contributed by atoms with Crippen LogP contribution in [0, 0.1) is 5.92 Å². The summed E-state index contributed by atoms with van der Waals surface area (Å²) in [5.41, 5.74) is 0. The number of hydrogen-bond donors (Lipinski definition) is 2. The number of hydrogen-bond acceptors (Lipinski definition) is 3. The van der Waals surface area contributed by atoms with E-state index >= 15 is 0 Å². The first-order valence-corrected chi connectivity index (χ1v) is 7.00. The molecule has 0 saturated carbocycles. The summed E-state index contributed by atoms with van der Waals surface area (Å²) in [6.07, 6.45) is 1.14. The van der Waals surface area contributed by atoms with E-state index in [0.717, 1.165) is 6.42 Å². The van der Waals surface area contributed by atoms with E-state index in [0.29, 0.717) is 11.7 Å². The van der Waals surface area contributed by atoms with Gasteiger partial charge in [0.05, 0.1) is 6.54 Å². The topological polar surface area (TPSA) is 67.4 Å². The third-order valence-corrected chi connectivity index (χ3v) is 3.60. The third-order valence-electron chi connectivity index (χ3n) is 3.60.